The van der Waals surface area contributed by atoms with E-state index in [1.165, 1.54) is 11.8 Å². The van der Waals surface area contributed by atoms with E-state index in [0.717, 1.165) is 15.6 Å². The lowest BCUT2D eigenvalue weighted by Crippen LogP contribution is -2.52. The van der Waals surface area contributed by atoms with Gasteiger partial charge in [0.05, 0.1) is 12.5 Å². The molecule has 4 N–H and O–H groups in total. The molecule has 1 aliphatic rings. The Hall–Kier alpha value is -4.70. The van der Waals surface area contributed by atoms with Gasteiger partial charge in [-0.25, -0.2) is 9.80 Å². The molecule has 0 radical (unpaired) electrons. The van der Waals surface area contributed by atoms with Gasteiger partial charge < -0.3 is 10.8 Å². The van der Waals surface area contributed by atoms with E-state index in [1.807, 2.05) is 30.3 Å². The number of hydrogen-bond acceptors (Lipinski definition) is 5. The number of nitrogens with one attached hydrogen (secondary N) is 1. The molecule has 0 aliphatic carbocycles. The number of hydrogen-bond donors (Lipinski definition) is 3. The van der Waals surface area contributed by atoms with E-state index in [2.05, 4.69) is 0 Å². The lowest BCUT2D eigenvalue weighted by Gasteiger charge is -2.35. The average molecular weight is 564 g/mol. The molecule has 2 unspecified atom stereocenters. The van der Waals surface area contributed by atoms with Crippen LogP contribution in [0.1, 0.15) is 48.6 Å². The van der Waals surface area contributed by atoms with Gasteiger partial charge in [-0.2, -0.15) is 5.01 Å². The quantitative estimate of drug-likeness (QED) is 0.203. The van der Waals surface area contributed by atoms with Crippen molar-refractivity contribution in [2.45, 2.75) is 38.4 Å². The van der Waals surface area contributed by atoms with Gasteiger partial charge in [0.2, 0.25) is 5.91 Å². The van der Waals surface area contributed by atoms with E-state index in [4.69, 9.17) is 11.1 Å². The van der Waals surface area contributed by atoms with Gasteiger partial charge in [0.15, 0.2) is 0 Å². The molecule has 1 heterocycles. The van der Waals surface area contributed by atoms with Crippen molar-refractivity contribution in [3.05, 3.63) is 107 Å². The molecule has 2 atom stereocenters. The summed E-state index contributed by atoms with van der Waals surface area (Å²) in [5, 5.41) is 19.1. The topological polar surface area (TPSA) is 148 Å². The number of aliphatic carboxylic acids is 1. The van der Waals surface area contributed by atoms with Crippen LogP contribution in [-0.4, -0.2) is 49.7 Å². The molecule has 0 aromatic heterocycles. The van der Waals surface area contributed by atoms with Crippen LogP contribution in [0.15, 0.2) is 84.9 Å². The van der Waals surface area contributed by atoms with E-state index in [9.17, 15) is 24.3 Å². The molecule has 3 aromatic carbocycles. The number of imide groups is 1. The minimum absolute atomic E-state index is 0. The summed E-state index contributed by atoms with van der Waals surface area (Å²) in [6.45, 7) is 2.83. The molecule has 0 bridgehead atoms. The van der Waals surface area contributed by atoms with E-state index in [-0.39, 0.29) is 24.8 Å². The lowest BCUT2D eigenvalue weighted by molar-refractivity contribution is -0.162. The second-order valence-electron chi connectivity index (χ2n) is 9.42. The van der Waals surface area contributed by atoms with Crippen molar-refractivity contribution in [1.82, 2.24) is 14.9 Å². The third kappa shape index (κ3) is 5.52. The fourth-order valence-corrected chi connectivity index (χ4v) is 4.84. The SMILES string of the molecule is CC(=O)N(C(CC(=O)O)c1ccccc1)N1C(=O)N(Cc2ccccc2)C(C)(c2ccc(C(=N)N)cc2)C1=O.Cl. The maximum Gasteiger partial charge on any atom is 0.347 e. The number of nitrogens with two attached hydrogens (primary N) is 1. The fourth-order valence-electron chi connectivity index (χ4n) is 4.84. The molecule has 40 heavy (non-hydrogen) atoms. The Labute approximate surface area is 237 Å². The summed E-state index contributed by atoms with van der Waals surface area (Å²) in [5.41, 5.74) is 6.16. The summed E-state index contributed by atoms with van der Waals surface area (Å²) in [6, 6.07) is 22.1. The molecule has 3 aromatic rings. The molecule has 11 heteroatoms. The number of hydrazine groups is 1. The second kappa shape index (κ2) is 12.0. The number of halogens is 1. The van der Waals surface area contributed by atoms with Crippen LogP contribution >= 0.6 is 12.4 Å². The van der Waals surface area contributed by atoms with Crippen molar-refractivity contribution in [2.75, 3.05) is 0 Å². The Morgan fingerprint density at radius 1 is 0.975 bits per heavy atom. The van der Waals surface area contributed by atoms with E-state index >= 15 is 0 Å². The first-order valence-electron chi connectivity index (χ1n) is 12.3. The molecular weight excluding hydrogens is 534 g/mol. The van der Waals surface area contributed by atoms with Crippen molar-refractivity contribution >= 4 is 42.1 Å². The fraction of sp³-hybridized carbons (Fsp3) is 0.207. The van der Waals surface area contributed by atoms with Crippen LogP contribution in [0.3, 0.4) is 0 Å². The number of carboxylic acids is 1. The molecule has 10 nitrogen and oxygen atoms in total. The van der Waals surface area contributed by atoms with Crippen LogP contribution in [0.2, 0.25) is 0 Å². The largest absolute Gasteiger partial charge is 0.481 e. The Bertz CT molecular complexity index is 1420. The third-order valence-corrected chi connectivity index (χ3v) is 6.89. The number of benzene rings is 3. The first kappa shape index (κ1) is 29.9. The van der Waals surface area contributed by atoms with Gasteiger partial charge in [-0.15, -0.1) is 12.4 Å². The first-order chi connectivity index (χ1) is 18.6. The van der Waals surface area contributed by atoms with Crippen molar-refractivity contribution in [3.63, 3.8) is 0 Å². The number of carbonyl (C=O) groups is 4. The van der Waals surface area contributed by atoms with Gasteiger partial charge in [-0.1, -0.05) is 84.9 Å². The van der Waals surface area contributed by atoms with Crippen LogP contribution < -0.4 is 5.73 Å². The Morgan fingerprint density at radius 3 is 2.02 bits per heavy atom. The average Bonchev–Trinajstić information content (AvgIpc) is 3.10. The van der Waals surface area contributed by atoms with Crippen molar-refractivity contribution in [1.29, 1.82) is 5.41 Å². The van der Waals surface area contributed by atoms with Gasteiger partial charge in [-0.3, -0.25) is 24.7 Å². The number of carbonyl (C=O) groups excluding carboxylic acids is 3. The number of urea groups is 1. The highest BCUT2D eigenvalue weighted by Gasteiger charge is 2.58. The molecule has 4 rings (SSSR count). The number of nitrogen functional groups attached to an aromatic ring is 1. The summed E-state index contributed by atoms with van der Waals surface area (Å²) in [4.78, 5) is 54.7. The number of amidine groups is 1. The van der Waals surface area contributed by atoms with Gasteiger partial charge in [0.1, 0.15) is 11.4 Å². The first-order valence-corrected chi connectivity index (χ1v) is 12.3. The second-order valence-corrected chi connectivity index (χ2v) is 9.42. The van der Waals surface area contributed by atoms with E-state index in [1.54, 1.807) is 61.5 Å². The zero-order valence-electron chi connectivity index (χ0n) is 22.0. The molecule has 0 spiro atoms. The summed E-state index contributed by atoms with van der Waals surface area (Å²) < 4.78 is 0. The minimum atomic E-state index is -1.56. The van der Waals surface area contributed by atoms with Gasteiger partial charge in [-0.05, 0) is 23.6 Å². The monoisotopic (exact) mass is 563 g/mol. The van der Waals surface area contributed by atoms with Crippen LogP contribution in [-0.2, 0) is 26.5 Å². The Kier molecular flexibility index (Phi) is 8.95. The van der Waals surface area contributed by atoms with Crippen LogP contribution in [0.25, 0.3) is 0 Å². The van der Waals surface area contributed by atoms with Crippen molar-refractivity contribution in [2.24, 2.45) is 5.73 Å². The summed E-state index contributed by atoms with van der Waals surface area (Å²) in [6.07, 6.45) is -0.524. The number of nitrogens with zero attached hydrogens (tertiary/aromatic N) is 3. The molecule has 1 fully saturated rings. The highest BCUT2D eigenvalue weighted by Crippen LogP contribution is 2.41. The molecule has 0 saturated carbocycles. The molecule has 1 saturated heterocycles. The standard InChI is InChI=1S/C29H29N5O5.ClH/c1-19(35)33(24(17-25(36)37)21-11-7-4-8-12-21)34-27(38)29(2,23-15-13-22(14-16-23)26(30)31)32(28(34)39)18-20-9-5-3-6-10-20;/h3-16,24H,17-18H2,1-2H3,(H3,30,31)(H,36,37);1H. The Balaban J connectivity index is 0.00000441. The number of rotatable bonds is 9. The maximum absolute atomic E-state index is 14.3. The normalized spacial score (nSPS) is 17.2. The molecule has 208 valence electrons. The minimum Gasteiger partial charge on any atom is -0.481 e. The zero-order chi connectivity index (χ0) is 28.3. The summed E-state index contributed by atoms with van der Waals surface area (Å²) in [7, 11) is 0. The molecule has 4 amide bonds. The maximum atomic E-state index is 14.3. The predicted molar refractivity (Wildman–Crippen MR) is 150 cm³/mol. The van der Waals surface area contributed by atoms with Crippen LogP contribution in [0, 0.1) is 5.41 Å². The number of carboxylic acid groups (broad SMARTS) is 1. The predicted octanol–water partition coefficient (Wildman–Crippen LogP) is 4.05. The molecular formula is C29H30ClN5O5. The zero-order valence-corrected chi connectivity index (χ0v) is 22.8. The van der Waals surface area contributed by atoms with Gasteiger partial charge >= 0.3 is 12.0 Å². The summed E-state index contributed by atoms with van der Waals surface area (Å²) >= 11 is 0. The third-order valence-electron chi connectivity index (χ3n) is 6.89. The van der Waals surface area contributed by atoms with Gasteiger partial charge in [0.25, 0.3) is 5.91 Å². The smallest absolute Gasteiger partial charge is 0.347 e. The van der Waals surface area contributed by atoms with E-state index < -0.39 is 41.8 Å². The van der Waals surface area contributed by atoms with Crippen LogP contribution in [0.4, 0.5) is 4.79 Å². The highest BCUT2D eigenvalue weighted by atomic mass is 35.5. The lowest BCUT2D eigenvalue weighted by atomic mass is 9.89. The van der Waals surface area contributed by atoms with Crippen LogP contribution in [0.5, 0.6) is 0 Å². The van der Waals surface area contributed by atoms with E-state index in [0.29, 0.717) is 16.7 Å². The summed E-state index contributed by atoms with van der Waals surface area (Å²) in [5.74, 6) is -2.72. The van der Waals surface area contributed by atoms with Crippen molar-refractivity contribution in [3.8, 4) is 0 Å². The molecule has 1 aliphatic heterocycles. The van der Waals surface area contributed by atoms with Gasteiger partial charge in [0, 0.05) is 19.0 Å². The Morgan fingerprint density at radius 2 is 1.52 bits per heavy atom. The highest BCUT2D eigenvalue weighted by molar-refractivity contribution is 6.08. The number of amides is 4. The van der Waals surface area contributed by atoms with Crippen molar-refractivity contribution < 1.29 is 24.3 Å².